The summed E-state index contributed by atoms with van der Waals surface area (Å²) in [5.41, 5.74) is 0. The summed E-state index contributed by atoms with van der Waals surface area (Å²) in [6.45, 7) is 20.4. The van der Waals surface area contributed by atoms with Gasteiger partial charge in [-0.05, 0) is 91.4 Å². The molecule has 0 radical (unpaired) electrons. The minimum atomic E-state index is 0.165. The molecule has 0 atom stereocenters. The van der Waals surface area contributed by atoms with Crippen LogP contribution in [-0.4, -0.2) is 139 Å². The fourth-order valence-electron chi connectivity index (χ4n) is 3.83. The summed E-state index contributed by atoms with van der Waals surface area (Å²) >= 11 is 11.6. The van der Waals surface area contributed by atoms with E-state index < -0.39 is 0 Å². The molecule has 4 aromatic rings. The summed E-state index contributed by atoms with van der Waals surface area (Å²) in [7, 11) is 4.87. The van der Waals surface area contributed by atoms with E-state index in [1.54, 1.807) is 14.2 Å². The maximum absolute atomic E-state index is 5.84. The Morgan fingerprint density at radius 2 is 0.862 bits per heavy atom. The van der Waals surface area contributed by atoms with Gasteiger partial charge in [-0.1, -0.05) is 0 Å². The van der Waals surface area contributed by atoms with E-state index in [0.29, 0.717) is 60.9 Å². The summed E-state index contributed by atoms with van der Waals surface area (Å²) < 4.78 is 14.9. The minimum absolute atomic E-state index is 0.165. The Bertz CT molecular complexity index is 1590. The molecule has 0 aliphatic carbocycles. The molecule has 0 unspecified atom stereocenters. The molecule has 0 amide bonds. The maximum atomic E-state index is 5.84. The molecule has 0 bridgehead atoms. The van der Waals surface area contributed by atoms with Gasteiger partial charge in [-0.2, -0.15) is 44.9 Å². The molecule has 0 spiro atoms. The van der Waals surface area contributed by atoms with Crippen molar-refractivity contribution >= 4 is 64.8 Å². The summed E-state index contributed by atoms with van der Waals surface area (Å²) in [5, 5.41) is 21.7. The topological polar surface area (TPSA) is 267 Å². The lowest BCUT2D eigenvalue weighted by Crippen LogP contribution is -2.17. The van der Waals surface area contributed by atoms with E-state index in [1.165, 1.54) is 19.8 Å². The van der Waals surface area contributed by atoms with E-state index in [2.05, 4.69) is 97.0 Å². The number of hydrogen-bond donors (Lipinski definition) is 7. The zero-order chi connectivity index (χ0) is 43.1. The molecular formula is C34H61Cl2N19O3. The highest BCUT2D eigenvalue weighted by Gasteiger charge is 2.09. The molecule has 0 aliphatic rings. The zero-order valence-corrected chi connectivity index (χ0v) is 36.9. The van der Waals surface area contributed by atoms with Crippen LogP contribution in [0.15, 0.2) is 12.7 Å². The van der Waals surface area contributed by atoms with Gasteiger partial charge in [0.05, 0.1) is 7.11 Å². The fourth-order valence-corrected chi connectivity index (χ4v) is 4.15. The summed E-state index contributed by atoms with van der Waals surface area (Å²) in [4.78, 5) is 48.0. The predicted molar refractivity (Wildman–Crippen MR) is 230 cm³/mol. The van der Waals surface area contributed by atoms with Crippen LogP contribution >= 0.6 is 23.2 Å². The quantitative estimate of drug-likeness (QED) is 0.0542. The number of ether oxygens (including phenoxy) is 3. The Balaban J connectivity index is 0.000000397. The fraction of sp³-hybridized carbons (Fsp3) is 0.647. The number of hydrogen-bond acceptors (Lipinski definition) is 22. The molecule has 4 rings (SSSR count). The Morgan fingerprint density at radius 1 is 0.500 bits per heavy atom. The molecule has 22 nitrogen and oxygen atoms in total. The van der Waals surface area contributed by atoms with Crippen LogP contribution in [-0.2, 0) is 9.47 Å². The van der Waals surface area contributed by atoms with Crippen molar-refractivity contribution in [3.63, 3.8) is 0 Å². The van der Waals surface area contributed by atoms with Crippen LogP contribution in [0.1, 0.15) is 68.2 Å². The number of methoxy groups -OCH3 is 3. The Kier molecular flexibility index (Phi) is 27.2. The van der Waals surface area contributed by atoms with Crippen molar-refractivity contribution in [2.24, 2.45) is 0 Å². The largest absolute Gasteiger partial charge is 0.467 e. The van der Waals surface area contributed by atoms with Gasteiger partial charge in [0.15, 0.2) is 0 Å². The first kappa shape index (κ1) is 51.0. The highest BCUT2D eigenvalue weighted by Crippen LogP contribution is 2.13. The van der Waals surface area contributed by atoms with E-state index in [1.807, 2.05) is 55.4 Å². The second-order valence-corrected chi connectivity index (χ2v) is 13.1. The van der Waals surface area contributed by atoms with Gasteiger partial charge in [-0.25, -0.2) is 15.0 Å². The van der Waals surface area contributed by atoms with Gasteiger partial charge in [-0.3, -0.25) is 0 Å². The number of anilines is 7. The number of nitrogens with zero attached hydrogens (tertiary/aromatic N) is 12. The lowest BCUT2D eigenvalue weighted by Gasteiger charge is -2.12. The molecule has 0 saturated heterocycles. The first-order valence-electron chi connectivity index (χ1n) is 18.8. The van der Waals surface area contributed by atoms with E-state index in [4.69, 9.17) is 37.4 Å². The summed E-state index contributed by atoms with van der Waals surface area (Å²) in [5.74, 6) is 3.59. The standard InChI is InChI=1S/C11H20ClN5O2.C10H19N5O.C8H14ClN5.C5H8N4/c1-18-7-3-5-13-10-15-9(12)16-11(17-10)14-6-4-8-19-2;1-6(2)11-8-13-9(12-7(3)4)15-10(14-8)16-5;1-4-10-7-12-6(9)13-8(14-7)11-5(2)3;1-2-7-5-8-3-6-4-9-5/h3-8H2,1-2H3,(H2,13,14,15,16,17);6-7H,1-5H3,(H2,11,12,13,14,15);5H,4H2,1-3H3,(H2,10,11,12,13,14);3-4H,2H2,1H3,(H,6,7,8,9). The van der Waals surface area contributed by atoms with Gasteiger partial charge in [0.1, 0.15) is 12.7 Å². The molecular weight excluding hydrogens is 793 g/mol. The maximum Gasteiger partial charge on any atom is 0.322 e. The molecule has 4 aromatic heterocycles. The van der Waals surface area contributed by atoms with Crippen molar-refractivity contribution in [1.82, 2.24) is 59.8 Å². The average Bonchev–Trinajstić information content (AvgIpc) is 3.15. The molecule has 24 heteroatoms. The number of aromatic nitrogens is 12. The molecule has 0 aliphatic heterocycles. The number of nitrogens with one attached hydrogen (secondary N) is 7. The smallest absolute Gasteiger partial charge is 0.322 e. The molecule has 0 aromatic carbocycles. The first-order valence-corrected chi connectivity index (χ1v) is 19.6. The molecule has 7 N–H and O–H groups in total. The first-order chi connectivity index (χ1) is 27.8. The van der Waals surface area contributed by atoms with Crippen molar-refractivity contribution < 1.29 is 14.2 Å². The lowest BCUT2D eigenvalue weighted by molar-refractivity contribution is 0.197. The molecule has 58 heavy (non-hydrogen) atoms. The highest BCUT2D eigenvalue weighted by molar-refractivity contribution is 6.28. The van der Waals surface area contributed by atoms with Crippen LogP contribution in [0.2, 0.25) is 10.6 Å². The zero-order valence-electron chi connectivity index (χ0n) is 35.4. The second-order valence-electron chi connectivity index (χ2n) is 12.4. The SMILES string of the molecule is CCNc1nc(Cl)nc(NC(C)C)n1.CCNc1ncncn1.COCCCNc1nc(Cl)nc(NCCCOC)n1.COc1nc(NC(C)C)nc(NC(C)C)n1. The predicted octanol–water partition coefficient (Wildman–Crippen LogP) is 5.02. The highest BCUT2D eigenvalue weighted by atomic mass is 35.5. The average molecular weight is 855 g/mol. The van der Waals surface area contributed by atoms with E-state index in [-0.39, 0.29) is 28.7 Å². The third-order valence-corrected chi connectivity index (χ3v) is 6.38. The Morgan fingerprint density at radius 3 is 1.26 bits per heavy atom. The van der Waals surface area contributed by atoms with Crippen LogP contribution in [0, 0.1) is 0 Å². The van der Waals surface area contributed by atoms with Crippen molar-refractivity contribution in [3.05, 3.63) is 23.2 Å². The van der Waals surface area contributed by atoms with Gasteiger partial charge < -0.3 is 51.4 Å². The number of halogens is 2. The van der Waals surface area contributed by atoms with Gasteiger partial charge in [0.2, 0.25) is 52.2 Å². The van der Waals surface area contributed by atoms with Gasteiger partial charge >= 0.3 is 6.01 Å². The third kappa shape index (κ3) is 25.2. The Labute approximate surface area is 351 Å². The Hall–Kier alpha value is -5.06. The third-order valence-electron chi connectivity index (χ3n) is 6.05. The summed E-state index contributed by atoms with van der Waals surface area (Å²) in [6.07, 6.45) is 4.67. The van der Waals surface area contributed by atoms with Crippen LogP contribution in [0.5, 0.6) is 6.01 Å². The molecule has 324 valence electrons. The van der Waals surface area contributed by atoms with Gasteiger partial charge in [0, 0.05) is 71.7 Å². The van der Waals surface area contributed by atoms with E-state index >= 15 is 0 Å². The second kappa shape index (κ2) is 31.0. The van der Waals surface area contributed by atoms with Crippen LogP contribution in [0.4, 0.5) is 41.6 Å². The number of rotatable bonds is 21. The molecule has 4 heterocycles. The minimum Gasteiger partial charge on any atom is -0.467 e. The van der Waals surface area contributed by atoms with E-state index in [0.717, 1.165) is 39.0 Å². The van der Waals surface area contributed by atoms with Crippen LogP contribution in [0.25, 0.3) is 0 Å². The normalized spacial score (nSPS) is 10.3. The van der Waals surface area contributed by atoms with Gasteiger partial charge in [0.25, 0.3) is 0 Å². The van der Waals surface area contributed by atoms with Crippen molar-refractivity contribution in [2.75, 3.05) is 97.9 Å². The molecule has 0 fully saturated rings. The van der Waals surface area contributed by atoms with Crippen LogP contribution in [0.3, 0.4) is 0 Å². The lowest BCUT2D eigenvalue weighted by atomic mass is 10.4. The van der Waals surface area contributed by atoms with Crippen molar-refractivity contribution in [3.8, 4) is 6.01 Å². The van der Waals surface area contributed by atoms with Crippen molar-refractivity contribution in [1.29, 1.82) is 0 Å². The monoisotopic (exact) mass is 853 g/mol. The van der Waals surface area contributed by atoms with Crippen molar-refractivity contribution in [2.45, 2.75) is 86.4 Å². The van der Waals surface area contributed by atoms with Gasteiger partial charge in [-0.15, -0.1) is 0 Å². The molecule has 0 saturated carbocycles. The van der Waals surface area contributed by atoms with Crippen LogP contribution < -0.4 is 42.0 Å². The van der Waals surface area contributed by atoms with E-state index in [9.17, 15) is 0 Å². The summed E-state index contributed by atoms with van der Waals surface area (Å²) in [6, 6.07) is 1.10.